The fraction of sp³-hybridized carbons (Fsp3) is 0.267. The lowest BCUT2D eigenvalue weighted by atomic mass is 10.2. The molecule has 3 N–H and O–H groups in total. The van der Waals surface area contributed by atoms with Crippen molar-refractivity contribution in [3.05, 3.63) is 47.0 Å². The van der Waals surface area contributed by atoms with Crippen LogP contribution >= 0.6 is 11.3 Å². The van der Waals surface area contributed by atoms with Gasteiger partial charge in [0, 0.05) is 29.9 Å². The lowest BCUT2D eigenvalue weighted by Gasteiger charge is -2.06. The van der Waals surface area contributed by atoms with Crippen LogP contribution in [-0.4, -0.2) is 21.2 Å². The summed E-state index contributed by atoms with van der Waals surface area (Å²) in [4.78, 5) is 4.61. The van der Waals surface area contributed by atoms with Crippen molar-refractivity contribution in [3.8, 4) is 0 Å². The second-order valence-corrected chi connectivity index (χ2v) is 6.27. The molecule has 1 atom stereocenters. The Kier molecular flexibility index (Phi) is 4.26. The molecular formula is C15H16FN5S. The first kappa shape index (κ1) is 14.8. The van der Waals surface area contributed by atoms with Gasteiger partial charge in [0.25, 0.3) is 0 Å². The molecule has 7 heteroatoms. The number of nitrogens with two attached hydrogens (primary N) is 1. The van der Waals surface area contributed by atoms with Crippen molar-refractivity contribution in [3.63, 3.8) is 0 Å². The molecule has 114 valence electrons. The van der Waals surface area contributed by atoms with Gasteiger partial charge >= 0.3 is 0 Å². The first-order chi connectivity index (χ1) is 10.6. The van der Waals surface area contributed by atoms with Gasteiger partial charge in [0.05, 0.1) is 16.6 Å². The van der Waals surface area contributed by atoms with Crippen LogP contribution in [0.1, 0.15) is 17.4 Å². The second kappa shape index (κ2) is 6.33. The highest BCUT2D eigenvalue weighted by Crippen LogP contribution is 2.33. The Morgan fingerprint density at radius 1 is 1.36 bits per heavy atom. The zero-order valence-corrected chi connectivity index (χ0v) is 12.9. The minimum atomic E-state index is -0.308. The van der Waals surface area contributed by atoms with Crippen molar-refractivity contribution >= 4 is 27.2 Å². The van der Waals surface area contributed by atoms with E-state index < -0.39 is 0 Å². The number of anilines is 1. The summed E-state index contributed by atoms with van der Waals surface area (Å²) in [6.07, 6.45) is 5.59. The summed E-state index contributed by atoms with van der Waals surface area (Å²) < 4.78 is 15.1. The first-order valence-electron chi connectivity index (χ1n) is 6.96. The maximum absolute atomic E-state index is 14.3. The van der Waals surface area contributed by atoms with Crippen LogP contribution in [0.4, 0.5) is 10.1 Å². The number of hydrogen-bond donors (Lipinski definition) is 2. The minimum Gasteiger partial charge on any atom is -0.378 e. The Morgan fingerprint density at radius 2 is 2.14 bits per heavy atom. The van der Waals surface area contributed by atoms with E-state index in [0.29, 0.717) is 23.4 Å². The number of halogens is 1. The normalized spacial score (nSPS) is 12.5. The van der Waals surface area contributed by atoms with Crippen LogP contribution in [0.5, 0.6) is 0 Å². The third kappa shape index (κ3) is 3.05. The molecular weight excluding hydrogens is 301 g/mol. The van der Waals surface area contributed by atoms with E-state index in [0.717, 1.165) is 16.0 Å². The first-order valence-corrected chi connectivity index (χ1v) is 7.77. The molecule has 0 saturated carbocycles. The molecule has 0 spiro atoms. The van der Waals surface area contributed by atoms with Crippen molar-refractivity contribution in [1.82, 2.24) is 15.2 Å². The molecule has 0 fully saturated rings. The SMILES string of the molecule is C[C@H](N)Cc1sc2c(NCc3ccncc3)cnnc2c1F. The molecule has 0 saturated heterocycles. The minimum absolute atomic E-state index is 0.0938. The topological polar surface area (TPSA) is 76.7 Å². The highest BCUT2D eigenvalue weighted by molar-refractivity contribution is 7.19. The van der Waals surface area contributed by atoms with Crippen LogP contribution < -0.4 is 11.1 Å². The fourth-order valence-corrected chi connectivity index (χ4v) is 3.41. The Balaban J connectivity index is 1.89. The average Bonchev–Trinajstić information content (AvgIpc) is 2.83. The molecule has 3 aromatic rings. The van der Waals surface area contributed by atoms with Gasteiger partial charge < -0.3 is 11.1 Å². The number of pyridine rings is 1. The van der Waals surface area contributed by atoms with Gasteiger partial charge in [-0.15, -0.1) is 16.4 Å². The summed E-state index contributed by atoms with van der Waals surface area (Å²) in [5.41, 5.74) is 7.95. The predicted molar refractivity (Wildman–Crippen MR) is 86.3 cm³/mol. The average molecular weight is 317 g/mol. The van der Waals surface area contributed by atoms with Gasteiger partial charge in [-0.2, -0.15) is 5.10 Å². The number of nitrogens with one attached hydrogen (secondary N) is 1. The molecule has 0 aliphatic heterocycles. The molecule has 5 nitrogen and oxygen atoms in total. The molecule has 0 unspecified atom stereocenters. The zero-order valence-electron chi connectivity index (χ0n) is 12.1. The van der Waals surface area contributed by atoms with Crippen LogP contribution in [0.3, 0.4) is 0 Å². The van der Waals surface area contributed by atoms with Gasteiger partial charge in [-0.3, -0.25) is 4.98 Å². The van der Waals surface area contributed by atoms with E-state index in [1.165, 1.54) is 11.3 Å². The molecule has 22 heavy (non-hydrogen) atoms. The van der Waals surface area contributed by atoms with E-state index in [1.54, 1.807) is 18.6 Å². The summed E-state index contributed by atoms with van der Waals surface area (Å²) in [5.74, 6) is -0.308. The van der Waals surface area contributed by atoms with Crippen LogP contribution in [0.25, 0.3) is 10.2 Å². The summed E-state index contributed by atoms with van der Waals surface area (Å²) in [6.45, 7) is 2.48. The zero-order chi connectivity index (χ0) is 15.5. The molecule has 0 amide bonds. The number of fused-ring (bicyclic) bond motifs is 1. The van der Waals surface area contributed by atoms with Crippen LogP contribution in [-0.2, 0) is 13.0 Å². The van der Waals surface area contributed by atoms with Crippen LogP contribution in [0.15, 0.2) is 30.7 Å². The van der Waals surface area contributed by atoms with E-state index in [4.69, 9.17) is 5.73 Å². The molecule has 3 rings (SSSR count). The molecule has 0 aromatic carbocycles. The van der Waals surface area contributed by atoms with Crippen molar-refractivity contribution in [2.24, 2.45) is 5.73 Å². The number of thiophene rings is 1. The van der Waals surface area contributed by atoms with Gasteiger partial charge in [-0.05, 0) is 31.0 Å². The van der Waals surface area contributed by atoms with Gasteiger partial charge in [-0.1, -0.05) is 0 Å². The van der Waals surface area contributed by atoms with Crippen LogP contribution in [0, 0.1) is 5.82 Å². The van der Waals surface area contributed by atoms with Gasteiger partial charge in [0.2, 0.25) is 0 Å². The molecule has 0 aliphatic rings. The third-order valence-electron chi connectivity index (χ3n) is 3.22. The Morgan fingerprint density at radius 3 is 2.86 bits per heavy atom. The highest BCUT2D eigenvalue weighted by Gasteiger charge is 2.17. The smallest absolute Gasteiger partial charge is 0.165 e. The maximum Gasteiger partial charge on any atom is 0.165 e. The molecule has 0 aliphatic carbocycles. The lowest BCUT2D eigenvalue weighted by Crippen LogP contribution is -2.17. The van der Waals surface area contributed by atoms with Gasteiger partial charge in [-0.25, -0.2) is 4.39 Å². The van der Waals surface area contributed by atoms with Crippen molar-refractivity contribution < 1.29 is 4.39 Å². The van der Waals surface area contributed by atoms with Crippen LogP contribution in [0.2, 0.25) is 0 Å². The Hall–Kier alpha value is -2.12. The van der Waals surface area contributed by atoms with E-state index in [1.807, 2.05) is 19.1 Å². The molecule has 0 bridgehead atoms. The van der Waals surface area contributed by atoms with Crippen molar-refractivity contribution in [2.75, 3.05) is 5.32 Å². The van der Waals surface area contributed by atoms with Crippen molar-refractivity contribution in [2.45, 2.75) is 25.9 Å². The van der Waals surface area contributed by atoms with Gasteiger partial charge in [0.15, 0.2) is 5.82 Å². The summed E-state index contributed by atoms with van der Waals surface area (Å²) >= 11 is 1.38. The molecule has 0 radical (unpaired) electrons. The fourth-order valence-electron chi connectivity index (χ4n) is 2.17. The summed E-state index contributed by atoms with van der Waals surface area (Å²) in [6, 6.07) is 3.76. The molecule has 3 aromatic heterocycles. The van der Waals surface area contributed by atoms with E-state index >= 15 is 0 Å². The predicted octanol–water partition coefficient (Wildman–Crippen LogP) is 2.73. The van der Waals surface area contributed by atoms with E-state index in [2.05, 4.69) is 20.5 Å². The summed E-state index contributed by atoms with van der Waals surface area (Å²) in [7, 11) is 0. The number of aromatic nitrogens is 3. The number of rotatable bonds is 5. The quantitative estimate of drug-likeness (QED) is 0.756. The summed E-state index contributed by atoms with van der Waals surface area (Å²) in [5, 5.41) is 11.1. The second-order valence-electron chi connectivity index (χ2n) is 5.17. The monoisotopic (exact) mass is 317 g/mol. The molecule has 3 heterocycles. The Bertz CT molecular complexity index is 772. The number of nitrogens with zero attached hydrogens (tertiary/aromatic N) is 3. The van der Waals surface area contributed by atoms with Crippen molar-refractivity contribution in [1.29, 1.82) is 0 Å². The number of hydrogen-bond acceptors (Lipinski definition) is 6. The largest absolute Gasteiger partial charge is 0.378 e. The van der Waals surface area contributed by atoms with E-state index in [9.17, 15) is 4.39 Å². The maximum atomic E-state index is 14.3. The highest BCUT2D eigenvalue weighted by atomic mass is 32.1. The van der Waals surface area contributed by atoms with Gasteiger partial charge in [0.1, 0.15) is 5.52 Å². The Labute approximate surface area is 131 Å². The third-order valence-corrected chi connectivity index (χ3v) is 4.43. The lowest BCUT2D eigenvalue weighted by molar-refractivity contribution is 0.612. The standard InChI is InChI=1S/C15H16FN5S/c1-9(17)6-12-13(16)14-15(22-12)11(8-20-21-14)19-7-10-2-4-18-5-3-10/h2-5,8-9H,6-7,17H2,1H3,(H,19,21)/t9-/m0/s1. The van der Waals surface area contributed by atoms with E-state index in [-0.39, 0.29) is 11.9 Å².